The summed E-state index contributed by atoms with van der Waals surface area (Å²) in [6.07, 6.45) is 4.12. The second kappa shape index (κ2) is 5.70. The van der Waals surface area contributed by atoms with Crippen molar-refractivity contribution in [3.05, 3.63) is 35.0 Å². The van der Waals surface area contributed by atoms with E-state index in [0.717, 1.165) is 6.42 Å². The third kappa shape index (κ3) is 3.31. The minimum absolute atomic E-state index is 0.0965. The lowest BCUT2D eigenvalue weighted by atomic mass is 10.2. The molecule has 0 bridgehead atoms. The first-order valence-corrected chi connectivity index (χ1v) is 10.5. The van der Waals surface area contributed by atoms with Gasteiger partial charge in [0.2, 0.25) is 0 Å². The summed E-state index contributed by atoms with van der Waals surface area (Å²) < 4.78 is 1.59. The van der Waals surface area contributed by atoms with Gasteiger partial charge in [-0.2, -0.15) is 0 Å². The van der Waals surface area contributed by atoms with Crippen LogP contribution in [0.5, 0.6) is 0 Å². The molecule has 0 spiro atoms. The Bertz CT molecular complexity index is 786. The van der Waals surface area contributed by atoms with E-state index in [1.54, 1.807) is 16.8 Å². The molecule has 2 aromatic rings. The molecule has 0 aliphatic heterocycles. The van der Waals surface area contributed by atoms with E-state index in [1.165, 1.54) is 0 Å². The molecule has 0 aliphatic carbocycles. The predicted molar refractivity (Wildman–Crippen MR) is 87.9 cm³/mol. The zero-order valence-electron chi connectivity index (χ0n) is 12.9. The van der Waals surface area contributed by atoms with E-state index in [2.05, 4.69) is 52.6 Å². The zero-order valence-corrected chi connectivity index (χ0v) is 13.9. The molecular weight excluding hydrogens is 280 g/mol. The van der Waals surface area contributed by atoms with Crippen molar-refractivity contribution >= 4 is 19.4 Å². The monoisotopic (exact) mass is 300 g/mol. The van der Waals surface area contributed by atoms with Crippen molar-refractivity contribution in [1.82, 2.24) is 19.5 Å². The van der Waals surface area contributed by atoms with Crippen LogP contribution in [0.1, 0.15) is 25.1 Å². The smallest absolute Gasteiger partial charge is 0.289 e. The van der Waals surface area contributed by atoms with Crippen LogP contribution in [0.15, 0.2) is 23.6 Å². The summed E-state index contributed by atoms with van der Waals surface area (Å²) in [5.41, 5.74) is 4.65. The fourth-order valence-corrected chi connectivity index (χ4v) is 2.47. The van der Waals surface area contributed by atoms with Crippen LogP contribution in [-0.4, -0.2) is 27.6 Å². The molecule has 110 valence electrons. The quantitative estimate of drug-likeness (QED) is 0.538. The van der Waals surface area contributed by atoms with E-state index in [9.17, 15) is 4.79 Å². The maximum absolute atomic E-state index is 12.1. The fourth-order valence-electron chi connectivity index (χ4n) is 1.97. The highest BCUT2D eigenvalue weighted by atomic mass is 28.3. The Kier molecular flexibility index (Phi) is 4.14. The number of hydrogen-bond donors (Lipinski definition) is 1. The van der Waals surface area contributed by atoms with Crippen LogP contribution in [0, 0.1) is 11.5 Å². The molecule has 1 atom stereocenters. The summed E-state index contributed by atoms with van der Waals surface area (Å²) in [7, 11) is -1.47. The van der Waals surface area contributed by atoms with Gasteiger partial charge in [0, 0.05) is 0 Å². The largest absolute Gasteiger partial charge is 0.329 e. The molecule has 0 aliphatic rings. The third-order valence-electron chi connectivity index (χ3n) is 3.01. The summed E-state index contributed by atoms with van der Waals surface area (Å²) in [5.74, 6) is 3.07. The van der Waals surface area contributed by atoms with E-state index >= 15 is 0 Å². The Balaban J connectivity index is 2.60. The molecule has 21 heavy (non-hydrogen) atoms. The second-order valence-corrected chi connectivity index (χ2v) is 10.7. The molecule has 0 saturated carbocycles. The number of rotatable bonds is 3. The topological polar surface area (TPSA) is 63.6 Å². The Morgan fingerprint density at radius 2 is 2.24 bits per heavy atom. The second-order valence-electron chi connectivity index (χ2n) is 5.94. The van der Waals surface area contributed by atoms with E-state index in [1.807, 2.05) is 6.92 Å². The molecule has 2 heterocycles. The van der Waals surface area contributed by atoms with Crippen molar-refractivity contribution in [2.45, 2.75) is 39.0 Å². The molecule has 0 amide bonds. The van der Waals surface area contributed by atoms with Crippen LogP contribution in [0.3, 0.4) is 0 Å². The molecule has 1 N–H and O–H groups in total. The van der Waals surface area contributed by atoms with Crippen molar-refractivity contribution in [2.75, 3.05) is 0 Å². The fraction of sp³-hybridized carbons (Fsp3) is 0.400. The van der Waals surface area contributed by atoms with Crippen molar-refractivity contribution in [3.63, 3.8) is 0 Å². The highest BCUT2D eigenvalue weighted by molar-refractivity contribution is 6.83. The molecule has 0 aromatic carbocycles. The Morgan fingerprint density at radius 1 is 1.52 bits per heavy atom. The number of H-pyrrole nitrogens is 1. The van der Waals surface area contributed by atoms with Gasteiger partial charge in [-0.1, -0.05) is 38.6 Å². The number of fused-ring (bicyclic) bond motifs is 1. The average Bonchev–Trinajstić information content (AvgIpc) is 2.74. The van der Waals surface area contributed by atoms with E-state index in [-0.39, 0.29) is 11.7 Å². The first-order valence-electron chi connectivity index (χ1n) is 6.98. The standard InChI is InChI=1S/C15H20N4OSi/c1-6-12(7-2)19-14-13(18-15(19)20)16-10-11(17-14)8-9-21(3,4)5/h6,10,12H,1,7H2,2-5H3,(H,16,18,20). The van der Waals surface area contributed by atoms with E-state index in [0.29, 0.717) is 17.0 Å². The van der Waals surface area contributed by atoms with Gasteiger partial charge in [-0.05, 0) is 6.42 Å². The van der Waals surface area contributed by atoms with Crippen LogP contribution in [-0.2, 0) is 0 Å². The number of aromatic nitrogens is 4. The molecule has 1 unspecified atom stereocenters. The van der Waals surface area contributed by atoms with Crippen LogP contribution in [0.4, 0.5) is 0 Å². The van der Waals surface area contributed by atoms with Gasteiger partial charge in [-0.25, -0.2) is 14.8 Å². The van der Waals surface area contributed by atoms with Gasteiger partial charge in [-0.15, -0.1) is 12.1 Å². The first kappa shape index (κ1) is 15.3. The molecular formula is C15H20N4OSi. The Hall–Kier alpha value is -2.13. The van der Waals surface area contributed by atoms with Crippen molar-refractivity contribution in [3.8, 4) is 11.5 Å². The van der Waals surface area contributed by atoms with E-state index in [4.69, 9.17) is 0 Å². The zero-order chi connectivity index (χ0) is 15.6. The van der Waals surface area contributed by atoms with Crippen LogP contribution in [0.2, 0.25) is 19.6 Å². The predicted octanol–water partition coefficient (Wildman–Crippen LogP) is 2.49. The summed E-state index contributed by atoms with van der Waals surface area (Å²) in [6, 6.07) is -0.0965. The maximum atomic E-state index is 12.1. The summed E-state index contributed by atoms with van der Waals surface area (Å²) in [5, 5.41) is 0. The SMILES string of the molecule is C=CC(CC)n1c(=O)[nH]c2ncc(C#C[Si](C)(C)C)nc21. The van der Waals surface area contributed by atoms with Gasteiger partial charge < -0.3 is 0 Å². The molecule has 0 saturated heterocycles. The Morgan fingerprint density at radius 3 is 2.81 bits per heavy atom. The molecule has 2 aromatic heterocycles. The summed E-state index contributed by atoms with van der Waals surface area (Å²) in [6.45, 7) is 12.3. The van der Waals surface area contributed by atoms with Crippen LogP contribution >= 0.6 is 0 Å². The number of hydrogen-bond acceptors (Lipinski definition) is 3. The van der Waals surface area contributed by atoms with Gasteiger partial charge >= 0.3 is 5.69 Å². The minimum Gasteiger partial charge on any atom is -0.289 e. The lowest BCUT2D eigenvalue weighted by Gasteiger charge is -2.10. The molecule has 2 rings (SSSR count). The van der Waals surface area contributed by atoms with Gasteiger partial charge in [0.25, 0.3) is 0 Å². The first-order chi connectivity index (χ1) is 9.85. The van der Waals surface area contributed by atoms with Crippen molar-refractivity contribution in [2.24, 2.45) is 0 Å². The number of aromatic amines is 1. The van der Waals surface area contributed by atoms with Crippen molar-refractivity contribution in [1.29, 1.82) is 0 Å². The lowest BCUT2D eigenvalue weighted by Crippen LogP contribution is -2.21. The number of nitrogens with zero attached hydrogens (tertiary/aromatic N) is 3. The van der Waals surface area contributed by atoms with Crippen molar-refractivity contribution < 1.29 is 0 Å². The van der Waals surface area contributed by atoms with Gasteiger partial charge in [0.15, 0.2) is 11.3 Å². The minimum atomic E-state index is -1.47. The number of imidazole rings is 1. The summed E-state index contributed by atoms with van der Waals surface area (Å²) >= 11 is 0. The van der Waals surface area contributed by atoms with Gasteiger partial charge in [-0.3, -0.25) is 9.55 Å². The highest BCUT2D eigenvalue weighted by Crippen LogP contribution is 2.15. The molecule has 0 fully saturated rings. The highest BCUT2D eigenvalue weighted by Gasteiger charge is 2.15. The average molecular weight is 300 g/mol. The number of nitrogens with one attached hydrogen (secondary N) is 1. The van der Waals surface area contributed by atoms with Crippen LogP contribution < -0.4 is 5.69 Å². The third-order valence-corrected chi connectivity index (χ3v) is 3.89. The number of allylic oxidation sites excluding steroid dienone is 1. The lowest BCUT2D eigenvalue weighted by molar-refractivity contribution is 0.580. The van der Waals surface area contributed by atoms with Gasteiger partial charge in [0.05, 0.1) is 12.2 Å². The van der Waals surface area contributed by atoms with E-state index < -0.39 is 8.07 Å². The maximum Gasteiger partial charge on any atom is 0.329 e. The molecule has 5 nitrogen and oxygen atoms in total. The summed E-state index contributed by atoms with van der Waals surface area (Å²) in [4.78, 5) is 23.5. The normalized spacial score (nSPS) is 12.8. The molecule has 0 radical (unpaired) electrons. The van der Waals surface area contributed by atoms with Crippen LogP contribution in [0.25, 0.3) is 11.3 Å². The molecule has 6 heteroatoms. The Labute approximate surface area is 125 Å². The van der Waals surface area contributed by atoms with Gasteiger partial charge in [0.1, 0.15) is 13.8 Å².